The van der Waals surface area contributed by atoms with Gasteiger partial charge in [0.15, 0.2) is 12.4 Å². The molecule has 2 aromatic rings. The van der Waals surface area contributed by atoms with Gasteiger partial charge in [0, 0.05) is 9.13 Å². The van der Waals surface area contributed by atoms with E-state index >= 15 is 0 Å². The molecular formula is C17H14INO4. The number of nitrogens with one attached hydrogen (secondary N) is 1. The number of hydrogen-bond donors (Lipinski definition) is 1. The average molecular weight is 423 g/mol. The van der Waals surface area contributed by atoms with Crippen LogP contribution in [0.3, 0.4) is 0 Å². The molecule has 0 aliphatic carbocycles. The molecule has 118 valence electrons. The van der Waals surface area contributed by atoms with Crippen LogP contribution in [0.5, 0.6) is 0 Å². The van der Waals surface area contributed by atoms with Crippen molar-refractivity contribution in [3.63, 3.8) is 0 Å². The van der Waals surface area contributed by atoms with E-state index in [-0.39, 0.29) is 5.78 Å². The third kappa shape index (κ3) is 4.88. The lowest BCUT2D eigenvalue weighted by Gasteiger charge is -2.09. The monoisotopic (exact) mass is 423 g/mol. The van der Waals surface area contributed by atoms with Crippen LogP contribution in [0.1, 0.15) is 27.6 Å². The first-order valence-electron chi connectivity index (χ1n) is 6.80. The van der Waals surface area contributed by atoms with Crippen LogP contribution in [0, 0.1) is 3.57 Å². The number of halogens is 1. The Morgan fingerprint density at radius 2 is 1.70 bits per heavy atom. The predicted octanol–water partition coefficient (Wildman–Crippen LogP) is 3.29. The molecule has 0 heterocycles. The van der Waals surface area contributed by atoms with Gasteiger partial charge in [-0.05, 0) is 65.9 Å². The van der Waals surface area contributed by atoms with Crippen molar-refractivity contribution in [1.82, 2.24) is 0 Å². The lowest BCUT2D eigenvalue weighted by atomic mass is 10.1. The Hall–Kier alpha value is -2.22. The second-order valence-corrected chi connectivity index (χ2v) is 5.98. The first kappa shape index (κ1) is 17.1. The summed E-state index contributed by atoms with van der Waals surface area (Å²) in [5, 5.41) is 2.57. The molecule has 0 atom stereocenters. The van der Waals surface area contributed by atoms with Gasteiger partial charge in [0.2, 0.25) is 0 Å². The molecule has 1 amide bonds. The molecule has 0 saturated carbocycles. The highest BCUT2D eigenvalue weighted by molar-refractivity contribution is 14.1. The van der Waals surface area contributed by atoms with Crippen LogP contribution in [0.15, 0.2) is 48.5 Å². The van der Waals surface area contributed by atoms with Gasteiger partial charge in [-0.15, -0.1) is 0 Å². The van der Waals surface area contributed by atoms with Crippen LogP contribution in [-0.2, 0) is 9.53 Å². The fourth-order valence-electron chi connectivity index (χ4n) is 1.89. The smallest absolute Gasteiger partial charge is 0.338 e. The number of para-hydroxylation sites is 1. The molecule has 0 bridgehead atoms. The van der Waals surface area contributed by atoms with Crippen molar-refractivity contribution in [3.05, 3.63) is 63.2 Å². The Morgan fingerprint density at radius 3 is 2.35 bits per heavy atom. The molecule has 0 aliphatic heterocycles. The zero-order chi connectivity index (χ0) is 16.8. The van der Waals surface area contributed by atoms with E-state index in [0.29, 0.717) is 16.8 Å². The van der Waals surface area contributed by atoms with Crippen LogP contribution in [-0.4, -0.2) is 24.3 Å². The zero-order valence-electron chi connectivity index (χ0n) is 12.3. The fraction of sp³-hybridized carbons (Fsp3) is 0.118. The number of amides is 1. The highest BCUT2D eigenvalue weighted by Crippen LogP contribution is 2.15. The van der Waals surface area contributed by atoms with E-state index in [2.05, 4.69) is 27.9 Å². The average Bonchev–Trinajstić information content (AvgIpc) is 2.53. The van der Waals surface area contributed by atoms with Crippen LogP contribution in [0.2, 0.25) is 0 Å². The predicted molar refractivity (Wildman–Crippen MR) is 94.5 cm³/mol. The second-order valence-electron chi connectivity index (χ2n) is 4.73. The third-order valence-electron chi connectivity index (χ3n) is 2.99. The zero-order valence-corrected chi connectivity index (χ0v) is 14.5. The van der Waals surface area contributed by atoms with Crippen molar-refractivity contribution in [2.24, 2.45) is 0 Å². The molecule has 0 radical (unpaired) electrons. The highest BCUT2D eigenvalue weighted by Gasteiger charge is 2.12. The van der Waals surface area contributed by atoms with E-state index in [1.807, 2.05) is 0 Å². The maximum Gasteiger partial charge on any atom is 0.338 e. The van der Waals surface area contributed by atoms with Gasteiger partial charge in [0.1, 0.15) is 0 Å². The molecule has 0 unspecified atom stereocenters. The first-order valence-corrected chi connectivity index (χ1v) is 7.88. The number of ether oxygens (including phenoxy) is 1. The summed E-state index contributed by atoms with van der Waals surface area (Å²) in [6.45, 7) is 0.999. The lowest BCUT2D eigenvalue weighted by Crippen LogP contribution is -2.22. The molecule has 6 heteroatoms. The van der Waals surface area contributed by atoms with Crippen molar-refractivity contribution < 1.29 is 19.1 Å². The van der Waals surface area contributed by atoms with E-state index in [1.54, 1.807) is 48.5 Å². The SMILES string of the molecule is CC(=O)c1ccccc1NC(=O)COC(=O)c1ccc(I)cc1. The normalized spacial score (nSPS) is 10.0. The summed E-state index contributed by atoms with van der Waals surface area (Å²) in [4.78, 5) is 35.2. The van der Waals surface area contributed by atoms with E-state index < -0.39 is 18.5 Å². The Labute approximate surface area is 147 Å². The number of Topliss-reactive ketones (excluding diaryl/α,β-unsaturated/α-hetero) is 1. The number of anilines is 1. The van der Waals surface area contributed by atoms with Gasteiger partial charge >= 0.3 is 5.97 Å². The summed E-state index contributed by atoms with van der Waals surface area (Å²) in [5.74, 6) is -1.23. The molecule has 5 nitrogen and oxygen atoms in total. The molecule has 2 rings (SSSR count). The van der Waals surface area contributed by atoms with Crippen LogP contribution in [0.4, 0.5) is 5.69 Å². The molecular weight excluding hydrogens is 409 g/mol. The quantitative estimate of drug-likeness (QED) is 0.455. The minimum atomic E-state index is -0.573. The molecule has 1 N–H and O–H groups in total. The van der Waals surface area contributed by atoms with Crippen LogP contribution < -0.4 is 5.32 Å². The molecule has 0 spiro atoms. The highest BCUT2D eigenvalue weighted by atomic mass is 127. The Balaban J connectivity index is 1.94. The maximum atomic E-state index is 11.9. The Kier molecular flexibility index (Phi) is 5.86. The van der Waals surface area contributed by atoms with Gasteiger partial charge in [-0.1, -0.05) is 12.1 Å². The summed E-state index contributed by atoms with van der Waals surface area (Å²) >= 11 is 2.13. The number of carbonyl (C=O) groups is 3. The van der Waals surface area contributed by atoms with Gasteiger partial charge in [-0.2, -0.15) is 0 Å². The van der Waals surface area contributed by atoms with E-state index in [9.17, 15) is 14.4 Å². The number of carbonyl (C=O) groups excluding carboxylic acids is 3. The summed E-state index contributed by atoms with van der Waals surface area (Å²) in [5.41, 5.74) is 1.18. The lowest BCUT2D eigenvalue weighted by molar-refractivity contribution is -0.119. The molecule has 0 saturated heterocycles. The number of hydrogen-bond acceptors (Lipinski definition) is 4. The first-order chi connectivity index (χ1) is 11.0. The van der Waals surface area contributed by atoms with Crippen molar-refractivity contribution in [1.29, 1.82) is 0 Å². The molecule has 23 heavy (non-hydrogen) atoms. The second kappa shape index (κ2) is 7.87. The molecule has 0 fully saturated rings. The number of ketones is 1. The number of benzene rings is 2. The molecule has 2 aromatic carbocycles. The Morgan fingerprint density at radius 1 is 1.04 bits per heavy atom. The van der Waals surface area contributed by atoms with Crippen molar-refractivity contribution in [3.8, 4) is 0 Å². The van der Waals surface area contributed by atoms with Gasteiger partial charge in [-0.3, -0.25) is 9.59 Å². The molecule has 0 aromatic heterocycles. The minimum Gasteiger partial charge on any atom is -0.452 e. The molecule has 0 aliphatic rings. The van der Waals surface area contributed by atoms with Crippen LogP contribution in [0.25, 0.3) is 0 Å². The van der Waals surface area contributed by atoms with Gasteiger partial charge in [-0.25, -0.2) is 4.79 Å². The summed E-state index contributed by atoms with van der Waals surface area (Å²) in [7, 11) is 0. The van der Waals surface area contributed by atoms with Crippen molar-refractivity contribution >= 4 is 45.9 Å². The van der Waals surface area contributed by atoms with E-state index in [4.69, 9.17) is 4.74 Å². The van der Waals surface area contributed by atoms with Gasteiger partial charge < -0.3 is 10.1 Å². The third-order valence-corrected chi connectivity index (χ3v) is 3.71. The fourth-order valence-corrected chi connectivity index (χ4v) is 2.25. The largest absolute Gasteiger partial charge is 0.452 e. The summed E-state index contributed by atoms with van der Waals surface area (Å²) in [6.07, 6.45) is 0. The standard InChI is InChI=1S/C17H14INO4/c1-11(20)14-4-2-3-5-15(14)19-16(21)10-23-17(22)12-6-8-13(18)9-7-12/h2-9H,10H2,1H3,(H,19,21). The van der Waals surface area contributed by atoms with E-state index in [0.717, 1.165) is 3.57 Å². The van der Waals surface area contributed by atoms with Crippen LogP contribution >= 0.6 is 22.6 Å². The number of rotatable bonds is 5. The Bertz CT molecular complexity index is 741. The summed E-state index contributed by atoms with van der Waals surface area (Å²) < 4.78 is 5.96. The topological polar surface area (TPSA) is 72.5 Å². The van der Waals surface area contributed by atoms with Crippen molar-refractivity contribution in [2.75, 3.05) is 11.9 Å². The van der Waals surface area contributed by atoms with E-state index in [1.165, 1.54) is 6.92 Å². The van der Waals surface area contributed by atoms with Crippen molar-refractivity contribution in [2.45, 2.75) is 6.92 Å². The minimum absolute atomic E-state index is 0.156. The number of esters is 1. The summed E-state index contributed by atoms with van der Waals surface area (Å²) in [6, 6.07) is 13.5. The van der Waals surface area contributed by atoms with Gasteiger partial charge in [0.05, 0.1) is 11.3 Å². The maximum absolute atomic E-state index is 11.9. The van der Waals surface area contributed by atoms with Gasteiger partial charge in [0.25, 0.3) is 5.91 Å².